The van der Waals surface area contributed by atoms with Crippen molar-refractivity contribution in [2.75, 3.05) is 6.61 Å². The molecule has 0 saturated heterocycles. The Bertz CT molecular complexity index is 852. The molecule has 0 radical (unpaired) electrons. The number of hydrogen-bond donors (Lipinski definition) is 2. The standard InChI is InChI=1S/C21H28N2O4S/c1-4-27-19-12-14-20(15-13-19)28(25,26)23-17(3)21(24)22-16(2)10-11-18-8-6-5-7-9-18/h5-9,12-17,23H,4,10-11H2,1-3H3,(H,22,24)/t16-,17+/m1/s1. The Balaban J connectivity index is 1.87. The van der Waals surface area contributed by atoms with E-state index in [4.69, 9.17) is 4.74 Å². The van der Waals surface area contributed by atoms with Gasteiger partial charge in [0.25, 0.3) is 0 Å². The van der Waals surface area contributed by atoms with E-state index >= 15 is 0 Å². The Morgan fingerprint density at radius 3 is 2.29 bits per heavy atom. The highest BCUT2D eigenvalue weighted by molar-refractivity contribution is 7.89. The second kappa shape index (κ2) is 10.2. The van der Waals surface area contributed by atoms with Gasteiger partial charge in [-0.3, -0.25) is 4.79 Å². The van der Waals surface area contributed by atoms with Crippen LogP contribution in [0.4, 0.5) is 0 Å². The number of ether oxygens (including phenoxy) is 1. The number of carbonyl (C=O) groups excluding carboxylic acids is 1. The fourth-order valence-electron chi connectivity index (χ4n) is 2.70. The summed E-state index contributed by atoms with van der Waals surface area (Å²) in [7, 11) is -3.79. The maximum absolute atomic E-state index is 12.5. The van der Waals surface area contributed by atoms with Gasteiger partial charge >= 0.3 is 0 Å². The van der Waals surface area contributed by atoms with Crippen molar-refractivity contribution in [3.63, 3.8) is 0 Å². The topological polar surface area (TPSA) is 84.5 Å². The molecule has 2 rings (SSSR count). The molecular weight excluding hydrogens is 376 g/mol. The van der Waals surface area contributed by atoms with Crippen LogP contribution in [0.2, 0.25) is 0 Å². The third-order valence-corrected chi connectivity index (χ3v) is 5.82. The van der Waals surface area contributed by atoms with Crippen LogP contribution in [0.5, 0.6) is 5.75 Å². The molecule has 2 aromatic carbocycles. The summed E-state index contributed by atoms with van der Waals surface area (Å²) < 4.78 is 32.7. The molecule has 0 aromatic heterocycles. The predicted octanol–water partition coefficient (Wildman–Crippen LogP) is 2.89. The minimum Gasteiger partial charge on any atom is -0.494 e. The summed E-state index contributed by atoms with van der Waals surface area (Å²) in [5.41, 5.74) is 1.20. The fourth-order valence-corrected chi connectivity index (χ4v) is 3.91. The molecule has 0 aliphatic rings. The summed E-state index contributed by atoms with van der Waals surface area (Å²) in [4.78, 5) is 12.4. The van der Waals surface area contributed by atoms with Gasteiger partial charge in [-0.1, -0.05) is 30.3 Å². The van der Waals surface area contributed by atoms with Crippen molar-refractivity contribution in [1.29, 1.82) is 0 Å². The van der Waals surface area contributed by atoms with Gasteiger partial charge in [-0.05, 0) is 63.4 Å². The molecule has 0 unspecified atom stereocenters. The van der Waals surface area contributed by atoms with E-state index in [2.05, 4.69) is 10.0 Å². The SMILES string of the molecule is CCOc1ccc(S(=O)(=O)N[C@@H](C)C(=O)N[C@H](C)CCc2ccccc2)cc1. The van der Waals surface area contributed by atoms with Crippen LogP contribution in [-0.4, -0.2) is 33.0 Å². The van der Waals surface area contributed by atoms with Gasteiger partial charge in [0.2, 0.25) is 15.9 Å². The maximum atomic E-state index is 12.5. The zero-order valence-electron chi connectivity index (χ0n) is 16.5. The van der Waals surface area contributed by atoms with Gasteiger partial charge in [0.1, 0.15) is 5.75 Å². The summed E-state index contributed by atoms with van der Waals surface area (Å²) >= 11 is 0. The second-order valence-electron chi connectivity index (χ2n) is 6.68. The zero-order valence-corrected chi connectivity index (χ0v) is 17.3. The average molecular weight is 405 g/mol. The van der Waals surface area contributed by atoms with Gasteiger partial charge in [0, 0.05) is 6.04 Å². The summed E-state index contributed by atoms with van der Waals surface area (Å²) in [5.74, 6) is 0.245. The lowest BCUT2D eigenvalue weighted by Crippen LogP contribution is -2.47. The molecule has 152 valence electrons. The fraction of sp³-hybridized carbons (Fsp3) is 0.381. The van der Waals surface area contributed by atoms with E-state index in [1.54, 1.807) is 12.1 Å². The van der Waals surface area contributed by atoms with E-state index in [-0.39, 0.29) is 16.8 Å². The molecule has 0 bridgehead atoms. The molecule has 1 amide bonds. The molecule has 0 saturated carbocycles. The van der Waals surface area contributed by atoms with Crippen molar-refractivity contribution in [2.45, 2.75) is 50.6 Å². The van der Waals surface area contributed by atoms with Crippen LogP contribution in [0, 0.1) is 0 Å². The molecular formula is C21H28N2O4S. The average Bonchev–Trinajstić information content (AvgIpc) is 2.67. The Hall–Kier alpha value is -2.38. The van der Waals surface area contributed by atoms with Crippen molar-refractivity contribution in [2.24, 2.45) is 0 Å². The number of aryl methyl sites for hydroxylation is 1. The number of carbonyl (C=O) groups is 1. The second-order valence-corrected chi connectivity index (χ2v) is 8.40. The highest BCUT2D eigenvalue weighted by Gasteiger charge is 2.23. The highest BCUT2D eigenvalue weighted by Crippen LogP contribution is 2.16. The van der Waals surface area contributed by atoms with Crippen LogP contribution in [-0.2, 0) is 21.2 Å². The lowest BCUT2D eigenvalue weighted by Gasteiger charge is -2.19. The summed E-state index contributed by atoms with van der Waals surface area (Å²) in [6, 6.07) is 15.2. The molecule has 0 aliphatic carbocycles. The first kappa shape index (κ1) is 21.9. The number of amides is 1. The lowest BCUT2D eigenvalue weighted by atomic mass is 10.1. The van der Waals surface area contributed by atoms with Crippen molar-refractivity contribution in [1.82, 2.24) is 10.0 Å². The molecule has 0 fully saturated rings. The third-order valence-electron chi connectivity index (χ3n) is 4.27. The Labute approximate surface area is 167 Å². The molecule has 2 aromatic rings. The minimum atomic E-state index is -3.79. The van der Waals surface area contributed by atoms with Crippen molar-refractivity contribution >= 4 is 15.9 Å². The van der Waals surface area contributed by atoms with E-state index in [1.807, 2.05) is 44.2 Å². The van der Waals surface area contributed by atoms with Crippen molar-refractivity contribution in [3.05, 3.63) is 60.2 Å². The van der Waals surface area contributed by atoms with Crippen LogP contribution < -0.4 is 14.8 Å². The number of sulfonamides is 1. The van der Waals surface area contributed by atoms with Gasteiger partial charge in [0.05, 0.1) is 17.5 Å². The maximum Gasteiger partial charge on any atom is 0.241 e. The van der Waals surface area contributed by atoms with Gasteiger partial charge in [-0.15, -0.1) is 0 Å². The first-order valence-corrected chi connectivity index (χ1v) is 10.9. The molecule has 6 nitrogen and oxygen atoms in total. The van der Waals surface area contributed by atoms with Gasteiger partial charge in [-0.2, -0.15) is 4.72 Å². The highest BCUT2D eigenvalue weighted by atomic mass is 32.2. The van der Waals surface area contributed by atoms with Crippen LogP contribution in [0.1, 0.15) is 32.8 Å². The van der Waals surface area contributed by atoms with Crippen LogP contribution in [0.15, 0.2) is 59.5 Å². The number of hydrogen-bond acceptors (Lipinski definition) is 4. The van der Waals surface area contributed by atoms with Crippen LogP contribution >= 0.6 is 0 Å². The van der Waals surface area contributed by atoms with Crippen molar-refractivity contribution < 1.29 is 17.9 Å². The summed E-state index contributed by atoms with van der Waals surface area (Å²) in [6.45, 7) is 5.80. The first-order chi connectivity index (χ1) is 13.3. The summed E-state index contributed by atoms with van der Waals surface area (Å²) in [5, 5.41) is 2.86. The minimum absolute atomic E-state index is 0.0647. The van der Waals surface area contributed by atoms with E-state index in [0.717, 1.165) is 12.8 Å². The summed E-state index contributed by atoms with van der Waals surface area (Å²) in [6.07, 6.45) is 1.61. The van der Waals surface area contributed by atoms with Crippen LogP contribution in [0.3, 0.4) is 0 Å². The first-order valence-electron chi connectivity index (χ1n) is 9.41. The molecule has 2 atom stereocenters. The van der Waals surface area contributed by atoms with E-state index in [1.165, 1.54) is 24.6 Å². The van der Waals surface area contributed by atoms with E-state index in [0.29, 0.717) is 12.4 Å². The Morgan fingerprint density at radius 1 is 1.04 bits per heavy atom. The molecule has 0 aliphatic heterocycles. The lowest BCUT2D eigenvalue weighted by molar-refractivity contribution is -0.123. The molecule has 2 N–H and O–H groups in total. The molecule has 0 heterocycles. The van der Waals surface area contributed by atoms with Crippen LogP contribution in [0.25, 0.3) is 0 Å². The quantitative estimate of drug-likeness (QED) is 0.638. The Kier molecular flexibility index (Phi) is 8.02. The normalized spacial score (nSPS) is 13.5. The van der Waals surface area contributed by atoms with Gasteiger partial charge in [0.15, 0.2) is 0 Å². The zero-order chi connectivity index (χ0) is 20.6. The molecule has 7 heteroatoms. The Morgan fingerprint density at radius 2 is 1.68 bits per heavy atom. The molecule has 28 heavy (non-hydrogen) atoms. The number of benzene rings is 2. The molecule has 0 spiro atoms. The smallest absolute Gasteiger partial charge is 0.241 e. The predicted molar refractivity (Wildman–Crippen MR) is 110 cm³/mol. The number of nitrogens with one attached hydrogen (secondary N) is 2. The monoisotopic (exact) mass is 404 g/mol. The number of rotatable bonds is 10. The van der Waals surface area contributed by atoms with Crippen molar-refractivity contribution in [3.8, 4) is 5.75 Å². The van der Waals surface area contributed by atoms with E-state index < -0.39 is 16.1 Å². The largest absolute Gasteiger partial charge is 0.494 e. The van der Waals surface area contributed by atoms with E-state index in [9.17, 15) is 13.2 Å². The van der Waals surface area contributed by atoms with Gasteiger partial charge in [-0.25, -0.2) is 8.42 Å². The van der Waals surface area contributed by atoms with Gasteiger partial charge < -0.3 is 10.1 Å². The third kappa shape index (κ3) is 6.65.